The summed E-state index contributed by atoms with van der Waals surface area (Å²) < 4.78 is 0. The van der Waals surface area contributed by atoms with Gasteiger partial charge in [0.2, 0.25) is 5.91 Å². The number of carbonyl (C=O) groups is 2. The van der Waals surface area contributed by atoms with E-state index in [0.717, 1.165) is 25.7 Å². The van der Waals surface area contributed by atoms with E-state index in [4.69, 9.17) is 0 Å². The van der Waals surface area contributed by atoms with E-state index in [1.165, 1.54) is 0 Å². The summed E-state index contributed by atoms with van der Waals surface area (Å²) in [5, 5.41) is 10.1. The SMILES string of the molecule is O=C(c1ccccc1)N1C[C@@H]2CN(C(=O)C3CCCC3)C[C@]2(CO)C1. The Morgan fingerprint density at radius 1 is 1.04 bits per heavy atom. The minimum Gasteiger partial charge on any atom is -0.396 e. The molecule has 2 saturated heterocycles. The third kappa shape index (κ3) is 2.84. The van der Waals surface area contributed by atoms with Crippen LogP contribution in [-0.2, 0) is 4.79 Å². The van der Waals surface area contributed by atoms with E-state index in [2.05, 4.69) is 0 Å². The minimum absolute atomic E-state index is 0.0245. The lowest BCUT2D eigenvalue weighted by Gasteiger charge is -2.28. The Kier molecular flexibility index (Phi) is 4.28. The average Bonchev–Trinajstić information content (AvgIpc) is 3.35. The predicted molar refractivity (Wildman–Crippen MR) is 93.9 cm³/mol. The number of fused-ring (bicyclic) bond motifs is 1. The molecule has 1 aromatic carbocycles. The van der Waals surface area contributed by atoms with Gasteiger partial charge in [-0.1, -0.05) is 31.0 Å². The van der Waals surface area contributed by atoms with Crippen molar-refractivity contribution in [3.8, 4) is 0 Å². The molecule has 3 aliphatic rings. The van der Waals surface area contributed by atoms with Gasteiger partial charge in [-0.3, -0.25) is 9.59 Å². The summed E-state index contributed by atoms with van der Waals surface area (Å²) in [6, 6.07) is 9.30. The number of amides is 2. The summed E-state index contributed by atoms with van der Waals surface area (Å²) >= 11 is 0. The number of likely N-dealkylation sites (tertiary alicyclic amines) is 2. The highest BCUT2D eigenvalue weighted by Gasteiger charge is 2.54. The molecule has 1 aliphatic carbocycles. The van der Waals surface area contributed by atoms with Gasteiger partial charge in [0.1, 0.15) is 0 Å². The highest BCUT2D eigenvalue weighted by molar-refractivity contribution is 5.94. The van der Waals surface area contributed by atoms with Crippen molar-refractivity contribution in [2.75, 3.05) is 32.8 Å². The Hall–Kier alpha value is -1.88. The van der Waals surface area contributed by atoms with Gasteiger partial charge in [0, 0.05) is 49.0 Å². The normalized spacial score (nSPS) is 29.2. The minimum atomic E-state index is -0.349. The molecule has 2 heterocycles. The van der Waals surface area contributed by atoms with E-state index < -0.39 is 0 Å². The first-order valence-electron chi connectivity index (χ1n) is 9.37. The van der Waals surface area contributed by atoms with Gasteiger partial charge in [-0.15, -0.1) is 0 Å². The number of nitrogens with zero attached hydrogens (tertiary/aromatic N) is 2. The number of benzene rings is 1. The van der Waals surface area contributed by atoms with Crippen LogP contribution in [0.5, 0.6) is 0 Å². The second-order valence-corrected chi connectivity index (χ2v) is 7.97. The van der Waals surface area contributed by atoms with Gasteiger partial charge >= 0.3 is 0 Å². The molecule has 134 valence electrons. The molecule has 0 unspecified atom stereocenters. The monoisotopic (exact) mass is 342 g/mol. The summed E-state index contributed by atoms with van der Waals surface area (Å²) in [7, 11) is 0. The smallest absolute Gasteiger partial charge is 0.253 e. The van der Waals surface area contributed by atoms with Gasteiger partial charge in [-0.05, 0) is 25.0 Å². The molecule has 4 rings (SSSR count). The summed E-state index contributed by atoms with van der Waals surface area (Å²) in [6.45, 7) is 2.46. The lowest BCUT2D eigenvalue weighted by Crippen LogP contribution is -2.41. The molecular formula is C20H26N2O3. The maximum absolute atomic E-state index is 12.7. The van der Waals surface area contributed by atoms with Crippen LogP contribution >= 0.6 is 0 Å². The first-order chi connectivity index (χ1) is 12.1. The van der Waals surface area contributed by atoms with E-state index in [-0.39, 0.29) is 35.7 Å². The summed E-state index contributed by atoms with van der Waals surface area (Å²) in [5.41, 5.74) is 0.341. The van der Waals surface area contributed by atoms with Crippen molar-refractivity contribution in [1.29, 1.82) is 0 Å². The van der Waals surface area contributed by atoms with Crippen molar-refractivity contribution in [2.24, 2.45) is 17.3 Å². The van der Waals surface area contributed by atoms with Gasteiger partial charge in [0.15, 0.2) is 0 Å². The first-order valence-corrected chi connectivity index (χ1v) is 9.37. The zero-order chi connectivity index (χ0) is 17.4. The molecule has 0 radical (unpaired) electrons. The highest BCUT2D eigenvalue weighted by atomic mass is 16.3. The lowest BCUT2D eigenvalue weighted by atomic mass is 9.82. The van der Waals surface area contributed by atoms with E-state index in [1.807, 2.05) is 40.1 Å². The fraction of sp³-hybridized carbons (Fsp3) is 0.600. The number of aliphatic hydroxyl groups excluding tert-OH is 1. The lowest BCUT2D eigenvalue weighted by molar-refractivity contribution is -0.135. The molecule has 0 aromatic heterocycles. The molecule has 2 aliphatic heterocycles. The molecule has 1 aromatic rings. The van der Waals surface area contributed by atoms with Crippen LogP contribution in [0.25, 0.3) is 0 Å². The zero-order valence-electron chi connectivity index (χ0n) is 14.6. The quantitative estimate of drug-likeness (QED) is 0.911. The van der Waals surface area contributed by atoms with Crippen LogP contribution in [0.4, 0.5) is 0 Å². The predicted octanol–water partition coefficient (Wildman–Crippen LogP) is 1.77. The van der Waals surface area contributed by atoms with Gasteiger partial charge in [0.25, 0.3) is 5.91 Å². The summed E-state index contributed by atoms with van der Waals surface area (Å²) in [5.74, 6) is 0.643. The van der Waals surface area contributed by atoms with Crippen molar-refractivity contribution >= 4 is 11.8 Å². The Bertz CT molecular complexity index is 656. The Morgan fingerprint density at radius 2 is 1.68 bits per heavy atom. The van der Waals surface area contributed by atoms with Crippen molar-refractivity contribution in [1.82, 2.24) is 9.80 Å². The van der Waals surface area contributed by atoms with E-state index in [9.17, 15) is 14.7 Å². The summed E-state index contributed by atoms with van der Waals surface area (Å²) in [4.78, 5) is 29.3. The van der Waals surface area contributed by atoms with Crippen LogP contribution in [-0.4, -0.2) is 59.5 Å². The molecule has 3 fully saturated rings. The fourth-order valence-electron chi connectivity index (χ4n) is 4.92. The Balaban J connectivity index is 1.46. The first kappa shape index (κ1) is 16.6. The molecule has 1 N–H and O–H groups in total. The van der Waals surface area contributed by atoms with Gasteiger partial charge in [-0.2, -0.15) is 0 Å². The molecular weight excluding hydrogens is 316 g/mol. The maximum Gasteiger partial charge on any atom is 0.253 e. The third-order valence-electron chi connectivity index (χ3n) is 6.40. The van der Waals surface area contributed by atoms with Crippen LogP contribution in [0.3, 0.4) is 0 Å². The maximum atomic E-state index is 12.7. The highest BCUT2D eigenvalue weighted by Crippen LogP contribution is 2.43. The van der Waals surface area contributed by atoms with Crippen molar-refractivity contribution < 1.29 is 14.7 Å². The van der Waals surface area contributed by atoms with Gasteiger partial charge < -0.3 is 14.9 Å². The fourth-order valence-corrected chi connectivity index (χ4v) is 4.92. The number of aliphatic hydroxyl groups is 1. The number of hydrogen-bond donors (Lipinski definition) is 1. The second kappa shape index (κ2) is 6.45. The van der Waals surface area contributed by atoms with Gasteiger partial charge in [-0.25, -0.2) is 0 Å². The van der Waals surface area contributed by atoms with E-state index in [1.54, 1.807) is 0 Å². The molecule has 5 heteroatoms. The number of hydrogen-bond acceptors (Lipinski definition) is 3. The molecule has 0 bridgehead atoms. The standard InChI is InChI=1S/C20H26N2O3/c23-14-20-12-21(18(24)15-6-2-1-3-7-15)10-17(20)11-22(13-20)19(25)16-8-4-5-9-16/h1-3,6-7,16-17,23H,4-5,8-14H2/t17-,20+/m1/s1. The molecule has 1 saturated carbocycles. The van der Waals surface area contributed by atoms with Crippen LogP contribution in [0.1, 0.15) is 36.0 Å². The van der Waals surface area contributed by atoms with Gasteiger partial charge in [0.05, 0.1) is 6.61 Å². The van der Waals surface area contributed by atoms with Crippen LogP contribution in [0.2, 0.25) is 0 Å². The van der Waals surface area contributed by atoms with Crippen molar-refractivity contribution in [2.45, 2.75) is 25.7 Å². The second-order valence-electron chi connectivity index (χ2n) is 7.97. The molecule has 0 spiro atoms. The van der Waals surface area contributed by atoms with E-state index >= 15 is 0 Å². The molecule has 2 amide bonds. The van der Waals surface area contributed by atoms with Crippen LogP contribution in [0, 0.1) is 17.3 Å². The molecule has 25 heavy (non-hydrogen) atoms. The van der Waals surface area contributed by atoms with Crippen LogP contribution in [0.15, 0.2) is 30.3 Å². The Labute approximate surface area is 148 Å². The largest absolute Gasteiger partial charge is 0.396 e. The van der Waals surface area contributed by atoms with Crippen LogP contribution < -0.4 is 0 Å². The van der Waals surface area contributed by atoms with Crippen molar-refractivity contribution in [3.63, 3.8) is 0 Å². The zero-order valence-corrected chi connectivity index (χ0v) is 14.6. The molecule has 2 atom stereocenters. The number of carbonyl (C=O) groups excluding carboxylic acids is 2. The van der Waals surface area contributed by atoms with Crippen molar-refractivity contribution in [3.05, 3.63) is 35.9 Å². The third-order valence-corrected chi connectivity index (χ3v) is 6.40. The number of rotatable bonds is 3. The molecule has 5 nitrogen and oxygen atoms in total. The topological polar surface area (TPSA) is 60.9 Å². The summed E-state index contributed by atoms with van der Waals surface area (Å²) in [6.07, 6.45) is 4.31. The Morgan fingerprint density at radius 3 is 2.32 bits per heavy atom. The average molecular weight is 342 g/mol. The van der Waals surface area contributed by atoms with E-state index in [0.29, 0.717) is 31.7 Å².